The Labute approximate surface area is 124 Å². The number of thiazole rings is 1. The van der Waals surface area contributed by atoms with Crippen LogP contribution in [-0.2, 0) is 0 Å². The first-order chi connectivity index (χ1) is 9.34. The SMILES string of the molecule is OC1CC(F)(F)CC1Oc1cc2sc(Br)nc2cc1F. The Morgan fingerprint density at radius 1 is 1.40 bits per heavy atom. The van der Waals surface area contributed by atoms with Crippen molar-refractivity contribution in [1.82, 2.24) is 4.98 Å². The van der Waals surface area contributed by atoms with E-state index in [0.29, 0.717) is 14.1 Å². The smallest absolute Gasteiger partial charge is 0.254 e. The predicted molar refractivity (Wildman–Crippen MR) is 71.9 cm³/mol. The Morgan fingerprint density at radius 2 is 2.15 bits per heavy atom. The number of nitrogens with zero attached hydrogens (tertiary/aromatic N) is 1. The van der Waals surface area contributed by atoms with Crippen LogP contribution in [0, 0.1) is 5.82 Å². The van der Waals surface area contributed by atoms with Crippen molar-refractivity contribution in [3.05, 3.63) is 21.9 Å². The van der Waals surface area contributed by atoms with E-state index in [1.807, 2.05) is 0 Å². The van der Waals surface area contributed by atoms with Crippen LogP contribution in [0.5, 0.6) is 5.75 Å². The van der Waals surface area contributed by atoms with E-state index in [0.717, 1.165) is 0 Å². The minimum atomic E-state index is -2.97. The van der Waals surface area contributed by atoms with Gasteiger partial charge in [-0.3, -0.25) is 0 Å². The van der Waals surface area contributed by atoms with Gasteiger partial charge >= 0.3 is 0 Å². The molecule has 0 amide bonds. The monoisotopic (exact) mass is 367 g/mol. The fraction of sp³-hybridized carbons (Fsp3) is 0.417. The number of alkyl halides is 2. The Kier molecular flexibility index (Phi) is 3.42. The standard InChI is InChI=1S/C12H9BrF3NO2S/c13-11-17-6-1-5(14)8(2-10(6)20-11)19-9-4-12(15,16)3-7(9)18/h1-2,7,9,18H,3-4H2. The lowest BCUT2D eigenvalue weighted by molar-refractivity contribution is -0.00491. The molecule has 3 rings (SSSR count). The zero-order chi connectivity index (χ0) is 14.5. The zero-order valence-electron chi connectivity index (χ0n) is 9.95. The number of fused-ring (bicyclic) bond motifs is 1. The molecule has 1 fully saturated rings. The minimum Gasteiger partial charge on any atom is -0.484 e. The van der Waals surface area contributed by atoms with Crippen LogP contribution in [0.1, 0.15) is 12.8 Å². The summed E-state index contributed by atoms with van der Waals surface area (Å²) in [5.74, 6) is -3.80. The highest BCUT2D eigenvalue weighted by Crippen LogP contribution is 2.38. The number of ether oxygens (including phenoxy) is 1. The van der Waals surface area contributed by atoms with Crippen molar-refractivity contribution < 1.29 is 23.0 Å². The average molecular weight is 368 g/mol. The van der Waals surface area contributed by atoms with E-state index in [2.05, 4.69) is 20.9 Å². The van der Waals surface area contributed by atoms with E-state index in [9.17, 15) is 18.3 Å². The fourth-order valence-corrected chi connectivity index (χ4v) is 3.64. The molecule has 0 radical (unpaired) electrons. The van der Waals surface area contributed by atoms with Crippen molar-refractivity contribution in [3.63, 3.8) is 0 Å². The molecule has 8 heteroatoms. The summed E-state index contributed by atoms with van der Waals surface area (Å²) in [5.41, 5.74) is 0.462. The summed E-state index contributed by atoms with van der Waals surface area (Å²) in [4.78, 5) is 4.06. The van der Waals surface area contributed by atoms with E-state index in [4.69, 9.17) is 4.74 Å². The Bertz CT molecular complexity index is 663. The third-order valence-electron chi connectivity index (χ3n) is 3.13. The maximum Gasteiger partial charge on any atom is 0.254 e. The van der Waals surface area contributed by atoms with Crippen LogP contribution in [0.15, 0.2) is 16.0 Å². The quantitative estimate of drug-likeness (QED) is 0.879. The number of aliphatic hydroxyl groups is 1. The molecule has 20 heavy (non-hydrogen) atoms. The first kappa shape index (κ1) is 14.1. The molecule has 0 spiro atoms. The molecular formula is C12H9BrF3NO2S. The molecule has 1 aliphatic rings. The number of benzene rings is 1. The highest BCUT2D eigenvalue weighted by molar-refractivity contribution is 9.11. The van der Waals surface area contributed by atoms with Gasteiger partial charge in [0, 0.05) is 18.6 Å². The maximum atomic E-state index is 13.9. The number of aliphatic hydroxyl groups excluding tert-OH is 1. The van der Waals surface area contributed by atoms with Crippen molar-refractivity contribution in [2.45, 2.75) is 31.0 Å². The molecule has 1 heterocycles. The maximum absolute atomic E-state index is 13.9. The molecule has 1 aromatic heterocycles. The van der Waals surface area contributed by atoms with E-state index < -0.39 is 36.8 Å². The Hall–Kier alpha value is -0.860. The first-order valence-corrected chi connectivity index (χ1v) is 7.43. The van der Waals surface area contributed by atoms with E-state index in [1.54, 1.807) is 0 Å². The second-order valence-electron chi connectivity index (χ2n) is 4.71. The molecule has 0 aliphatic heterocycles. The van der Waals surface area contributed by atoms with Crippen LogP contribution in [-0.4, -0.2) is 28.2 Å². The first-order valence-electron chi connectivity index (χ1n) is 5.82. The van der Waals surface area contributed by atoms with Crippen LogP contribution in [0.25, 0.3) is 10.2 Å². The van der Waals surface area contributed by atoms with Gasteiger partial charge in [-0.2, -0.15) is 0 Å². The van der Waals surface area contributed by atoms with Crippen LogP contribution in [0.3, 0.4) is 0 Å². The third kappa shape index (κ3) is 2.64. The summed E-state index contributed by atoms with van der Waals surface area (Å²) in [7, 11) is 0. The predicted octanol–water partition coefficient (Wildman–Crippen LogP) is 3.74. The molecule has 1 aliphatic carbocycles. The molecule has 108 valence electrons. The number of aromatic nitrogens is 1. The summed E-state index contributed by atoms with van der Waals surface area (Å²) in [6, 6.07) is 2.60. The molecular weight excluding hydrogens is 359 g/mol. The lowest BCUT2D eigenvalue weighted by atomic mass is 10.2. The normalized spacial score (nSPS) is 25.2. The number of hydrogen-bond donors (Lipinski definition) is 1. The van der Waals surface area contributed by atoms with Gasteiger partial charge in [-0.05, 0) is 15.9 Å². The highest BCUT2D eigenvalue weighted by atomic mass is 79.9. The van der Waals surface area contributed by atoms with Gasteiger partial charge in [0.1, 0.15) is 6.10 Å². The molecule has 0 saturated heterocycles. The molecule has 1 aromatic carbocycles. The van der Waals surface area contributed by atoms with Gasteiger partial charge in [-0.25, -0.2) is 18.2 Å². The van der Waals surface area contributed by atoms with Crippen molar-refractivity contribution in [2.75, 3.05) is 0 Å². The van der Waals surface area contributed by atoms with Gasteiger partial charge in [-0.1, -0.05) is 0 Å². The van der Waals surface area contributed by atoms with Crippen molar-refractivity contribution in [3.8, 4) is 5.75 Å². The third-order valence-corrected chi connectivity index (χ3v) is 4.60. The van der Waals surface area contributed by atoms with Crippen LogP contribution >= 0.6 is 27.3 Å². The molecule has 3 nitrogen and oxygen atoms in total. The lowest BCUT2D eigenvalue weighted by Crippen LogP contribution is -2.26. The second kappa shape index (κ2) is 4.85. The van der Waals surface area contributed by atoms with Gasteiger partial charge in [0.05, 0.1) is 22.7 Å². The van der Waals surface area contributed by atoms with Crippen LogP contribution in [0.4, 0.5) is 13.2 Å². The van der Waals surface area contributed by atoms with Crippen molar-refractivity contribution in [2.24, 2.45) is 0 Å². The summed E-state index contributed by atoms with van der Waals surface area (Å²) >= 11 is 4.47. The summed E-state index contributed by atoms with van der Waals surface area (Å²) < 4.78 is 46.7. The highest BCUT2D eigenvalue weighted by Gasteiger charge is 2.47. The molecule has 2 atom stereocenters. The summed E-state index contributed by atoms with van der Waals surface area (Å²) in [6.07, 6.45) is -3.67. The van der Waals surface area contributed by atoms with Gasteiger partial charge < -0.3 is 9.84 Å². The van der Waals surface area contributed by atoms with Gasteiger partial charge in [0.25, 0.3) is 5.92 Å². The molecule has 2 unspecified atom stereocenters. The number of hydrogen-bond acceptors (Lipinski definition) is 4. The zero-order valence-corrected chi connectivity index (χ0v) is 12.3. The largest absolute Gasteiger partial charge is 0.484 e. The minimum absolute atomic E-state index is 0.143. The number of rotatable bonds is 2. The molecule has 1 N–H and O–H groups in total. The molecule has 0 bridgehead atoms. The topological polar surface area (TPSA) is 42.4 Å². The Morgan fingerprint density at radius 3 is 2.80 bits per heavy atom. The Balaban J connectivity index is 1.89. The average Bonchev–Trinajstić information content (AvgIpc) is 2.78. The van der Waals surface area contributed by atoms with Crippen LogP contribution < -0.4 is 4.74 Å². The molecule has 1 saturated carbocycles. The van der Waals surface area contributed by atoms with E-state index in [1.165, 1.54) is 23.5 Å². The summed E-state index contributed by atoms with van der Waals surface area (Å²) in [6.45, 7) is 0. The molecule has 2 aromatic rings. The van der Waals surface area contributed by atoms with Crippen molar-refractivity contribution >= 4 is 37.5 Å². The number of halogens is 4. The fourth-order valence-electron chi connectivity index (χ4n) is 2.23. The second-order valence-corrected chi connectivity index (χ2v) is 7.01. The van der Waals surface area contributed by atoms with Crippen LogP contribution in [0.2, 0.25) is 0 Å². The lowest BCUT2D eigenvalue weighted by Gasteiger charge is -2.17. The van der Waals surface area contributed by atoms with E-state index in [-0.39, 0.29) is 5.75 Å². The van der Waals surface area contributed by atoms with Gasteiger partial charge in [0.2, 0.25) is 0 Å². The van der Waals surface area contributed by atoms with Gasteiger partial charge in [-0.15, -0.1) is 11.3 Å². The van der Waals surface area contributed by atoms with Crippen molar-refractivity contribution in [1.29, 1.82) is 0 Å². The summed E-state index contributed by atoms with van der Waals surface area (Å²) in [5, 5.41) is 9.55. The van der Waals surface area contributed by atoms with E-state index >= 15 is 0 Å². The van der Waals surface area contributed by atoms with Gasteiger partial charge in [0.15, 0.2) is 15.5 Å².